The average molecular weight is 341 g/mol. The topological polar surface area (TPSA) is 74.2 Å². The number of carbonyl (C=O) groups is 1. The normalized spacial score (nSPS) is 12.5. The van der Waals surface area contributed by atoms with E-state index < -0.39 is 0 Å². The Hall–Kier alpha value is -2.40. The minimum Gasteiger partial charge on any atom is -0.396 e. The maximum atomic E-state index is 12.1. The van der Waals surface area contributed by atoms with Crippen LogP contribution in [0.2, 0.25) is 0 Å². The van der Waals surface area contributed by atoms with E-state index in [1.54, 1.807) is 6.20 Å². The van der Waals surface area contributed by atoms with Gasteiger partial charge in [-0.2, -0.15) is 0 Å². The van der Waals surface area contributed by atoms with Crippen molar-refractivity contribution >= 4 is 6.03 Å². The van der Waals surface area contributed by atoms with Crippen LogP contribution in [0.15, 0.2) is 48.8 Å². The Kier molecular flexibility index (Phi) is 6.53. The van der Waals surface area contributed by atoms with Gasteiger partial charge in [-0.25, -0.2) is 4.79 Å². The number of aliphatic hydroxyl groups excluding tert-OH is 1. The molecule has 0 spiro atoms. The van der Waals surface area contributed by atoms with Gasteiger partial charge < -0.3 is 15.7 Å². The first-order valence-corrected chi connectivity index (χ1v) is 8.57. The second kappa shape index (κ2) is 8.62. The summed E-state index contributed by atoms with van der Waals surface area (Å²) >= 11 is 0. The highest BCUT2D eigenvalue weighted by Crippen LogP contribution is 2.21. The monoisotopic (exact) mass is 341 g/mol. The summed E-state index contributed by atoms with van der Waals surface area (Å²) in [6.07, 6.45) is 4.24. The van der Waals surface area contributed by atoms with Gasteiger partial charge in [0.1, 0.15) is 0 Å². The Morgan fingerprint density at radius 2 is 1.92 bits per heavy atom. The molecule has 3 N–H and O–H groups in total. The Bertz CT molecular complexity index is 669. The van der Waals surface area contributed by atoms with Crippen molar-refractivity contribution in [1.82, 2.24) is 15.6 Å². The minimum absolute atomic E-state index is 0.0936. The van der Waals surface area contributed by atoms with Crippen molar-refractivity contribution in [1.29, 1.82) is 0 Å². The lowest BCUT2D eigenvalue weighted by Gasteiger charge is -2.24. The molecule has 1 unspecified atom stereocenters. The van der Waals surface area contributed by atoms with E-state index in [4.69, 9.17) is 5.11 Å². The number of amides is 2. The molecule has 25 heavy (non-hydrogen) atoms. The lowest BCUT2D eigenvalue weighted by Crippen LogP contribution is -2.41. The first-order chi connectivity index (χ1) is 11.9. The molecule has 0 fully saturated rings. The number of nitrogens with zero attached hydrogens (tertiary/aromatic N) is 1. The number of hydrogen-bond acceptors (Lipinski definition) is 3. The molecule has 5 nitrogen and oxygen atoms in total. The van der Waals surface area contributed by atoms with Crippen molar-refractivity contribution in [3.63, 3.8) is 0 Å². The summed E-state index contributed by atoms with van der Waals surface area (Å²) in [5.74, 6) is 0. The number of carbonyl (C=O) groups excluding carboxylic acids is 1. The predicted molar refractivity (Wildman–Crippen MR) is 100 cm³/mol. The third-order valence-corrected chi connectivity index (χ3v) is 4.27. The molecule has 0 saturated carbocycles. The van der Waals surface area contributed by atoms with E-state index >= 15 is 0 Å². The number of benzene rings is 1. The molecular formula is C20H27N3O2. The van der Waals surface area contributed by atoms with Crippen LogP contribution in [0.5, 0.6) is 0 Å². The smallest absolute Gasteiger partial charge is 0.315 e. The van der Waals surface area contributed by atoms with E-state index in [0.717, 1.165) is 16.7 Å². The van der Waals surface area contributed by atoms with Gasteiger partial charge in [0.2, 0.25) is 0 Å². The second-order valence-electron chi connectivity index (χ2n) is 7.05. The van der Waals surface area contributed by atoms with Crippen molar-refractivity contribution in [3.8, 4) is 11.1 Å². The highest BCUT2D eigenvalue weighted by atomic mass is 16.3. The zero-order chi connectivity index (χ0) is 18.3. The molecule has 1 atom stereocenters. The maximum absolute atomic E-state index is 12.1. The van der Waals surface area contributed by atoms with Crippen LogP contribution in [-0.4, -0.2) is 29.3 Å². The Balaban J connectivity index is 1.90. The summed E-state index contributed by atoms with van der Waals surface area (Å²) in [6.45, 7) is 6.63. The zero-order valence-electron chi connectivity index (χ0n) is 15.1. The van der Waals surface area contributed by atoms with Crippen molar-refractivity contribution in [2.75, 3.05) is 13.2 Å². The van der Waals surface area contributed by atoms with Crippen molar-refractivity contribution in [2.45, 2.75) is 33.2 Å². The van der Waals surface area contributed by atoms with Crippen molar-refractivity contribution in [2.24, 2.45) is 5.41 Å². The van der Waals surface area contributed by atoms with Gasteiger partial charge in [0.05, 0.1) is 6.04 Å². The van der Waals surface area contributed by atoms with Crippen LogP contribution in [0, 0.1) is 5.41 Å². The van der Waals surface area contributed by atoms with Gasteiger partial charge in [-0.15, -0.1) is 0 Å². The number of aromatic nitrogens is 1. The maximum Gasteiger partial charge on any atom is 0.315 e. The molecule has 0 aliphatic rings. The molecule has 0 saturated heterocycles. The summed E-state index contributed by atoms with van der Waals surface area (Å²) in [6, 6.07) is 11.7. The first-order valence-electron chi connectivity index (χ1n) is 8.57. The molecule has 5 heteroatoms. The van der Waals surface area contributed by atoms with Crippen LogP contribution in [0.1, 0.15) is 38.8 Å². The molecule has 2 amide bonds. The Labute approximate surface area is 149 Å². The number of nitrogens with one attached hydrogen (secondary N) is 2. The molecule has 134 valence electrons. The number of hydrogen-bond donors (Lipinski definition) is 3. The van der Waals surface area contributed by atoms with Gasteiger partial charge in [-0.05, 0) is 41.5 Å². The lowest BCUT2D eigenvalue weighted by molar-refractivity contribution is 0.200. The molecule has 0 aliphatic heterocycles. The van der Waals surface area contributed by atoms with Gasteiger partial charge in [-0.3, -0.25) is 4.98 Å². The number of urea groups is 1. The molecule has 1 aromatic carbocycles. The van der Waals surface area contributed by atoms with E-state index in [2.05, 4.69) is 15.6 Å². The Morgan fingerprint density at radius 3 is 2.52 bits per heavy atom. The van der Waals surface area contributed by atoms with Crippen LogP contribution in [0.25, 0.3) is 11.1 Å². The minimum atomic E-state index is -0.199. The zero-order valence-corrected chi connectivity index (χ0v) is 15.1. The SMILES string of the molecule is CC(NC(=O)NCC(C)(C)CCO)c1ccc(-c2cccnc2)cc1. The van der Waals surface area contributed by atoms with Gasteiger partial charge in [0.15, 0.2) is 0 Å². The third kappa shape index (κ3) is 5.87. The average Bonchev–Trinajstić information content (AvgIpc) is 2.61. The number of pyridine rings is 1. The third-order valence-electron chi connectivity index (χ3n) is 4.27. The van der Waals surface area contributed by atoms with Gasteiger partial charge in [-0.1, -0.05) is 44.2 Å². The van der Waals surface area contributed by atoms with Gasteiger partial charge >= 0.3 is 6.03 Å². The van der Waals surface area contributed by atoms with Gasteiger partial charge in [0.25, 0.3) is 0 Å². The summed E-state index contributed by atoms with van der Waals surface area (Å²) in [7, 11) is 0. The fraction of sp³-hybridized carbons (Fsp3) is 0.400. The molecule has 0 radical (unpaired) electrons. The van der Waals surface area contributed by atoms with Crippen molar-refractivity contribution in [3.05, 3.63) is 54.4 Å². The number of aliphatic hydroxyl groups is 1. The van der Waals surface area contributed by atoms with E-state index in [1.165, 1.54) is 0 Å². The standard InChI is InChI=1S/C20H27N3O2/c1-15(23-19(25)22-14-20(2,3)10-12-24)16-6-8-17(9-7-16)18-5-4-11-21-13-18/h4-9,11,13,15,24H,10,12,14H2,1-3H3,(H2,22,23,25). The first kappa shape index (κ1) is 18.9. The predicted octanol–water partition coefficient (Wildman–Crippen LogP) is 3.52. The van der Waals surface area contributed by atoms with E-state index in [0.29, 0.717) is 13.0 Å². The van der Waals surface area contributed by atoms with Crippen LogP contribution in [0.4, 0.5) is 4.79 Å². The fourth-order valence-electron chi connectivity index (χ4n) is 2.54. The summed E-state index contributed by atoms with van der Waals surface area (Å²) < 4.78 is 0. The van der Waals surface area contributed by atoms with E-state index in [1.807, 2.05) is 63.4 Å². The van der Waals surface area contributed by atoms with Crippen LogP contribution in [0.3, 0.4) is 0 Å². The quantitative estimate of drug-likeness (QED) is 0.721. The summed E-state index contributed by atoms with van der Waals surface area (Å²) in [5, 5.41) is 14.9. The molecular weight excluding hydrogens is 314 g/mol. The summed E-state index contributed by atoms with van der Waals surface area (Å²) in [4.78, 5) is 16.2. The highest BCUT2D eigenvalue weighted by Gasteiger charge is 2.18. The second-order valence-corrected chi connectivity index (χ2v) is 7.05. The van der Waals surface area contributed by atoms with Gasteiger partial charge in [0, 0.05) is 25.5 Å². The van der Waals surface area contributed by atoms with Crippen LogP contribution < -0.4 is 10.6 Å². The summed E-state index contributed by atoms with van der Waals surface area (Å²) in [5.41, 5.74) is 3.08. The van der Waals surface area contributed by atoms with Crippen molar-refractivity contribution < 1.29 is 9.90 Å². The molecule has 0 bridgehead atoms. The van der Waals surface area contributed by atoms with E-state index in [9.17, 15) is 4.79 Å². The molecule has 2 aromatic rings. The molecule has 0 aliphatic carbocycles. The fourth-order valence-corrected chi connectivity index (χ4v) is 2.54. The van der Waals surface area contributed by atoms with E-state index in [-0.39, 0.29) is 24.1 Å². The highest BCUT2D eigenvalue weighted by molar-refractivity contribution is 5.74. The molecule has 1 heterocycles. The lowest BCUT2D eigenvalue weighted by atomic mass is 9.90. The largest absolute Gasteiger partial charge is 0.396 e. The Morgan fingerprint density at radius 1 is 1.20 bits per heavy atom. The molecule has 1 aromatic heterocycles. The van der Waals surface area contributed by atoms with Crippen LogP contribution in [-0.2, 0) is 0 Å². The number of rotatable bonds is 7. The molecule has 2 rings (SSSR count). The van der Waals surface area contributed by atoms with Crippen LogP contribution >= 0.6 is 0 Å².